The molecular formula is C8H11N5. The smallest absolute Gasteiger partial charge is 0.254 e. The minimum atomic E-state index is 0.336. The van der Waals surface area contributed by atoms with Crippen LogP contribution in [0.5, 0.6) is 0 Å². The fraction of sp³-hybridized carbons (Fsp3) is 0.250. The Kier molecular flexibility index (Phi) is 1.58. The van der Waals surface area contributed by atoms with Gasteiger partial charge in [0.25, 0.3) is 5.95 Å². The van der Waals surface area contributed by atoms with Crippen LogP contribution in [0, 0.1) is 13.8 Å². The largest absolute Gasteiger partial charge is 0.368 e. The van der Waals surface area contributed by atoms with Crippen molar-refractivity contribution in [2.45, 2.75) is 13.8 Å². The number of anilines is 1. The molecule has 0 aliphatic carbocycles. The summed E-state index contributed by atoms with van der Waals surface area (Å²) in [5.41, 5.74) is 7.63. The maximum Gasteiger partial charge on any atom is 0.254 e. The number of nitrogens with one attached hydrogen (secondary N) is 1. The number of nitrogens with two attached hydrogens (primary N) is 1. The van der Waals surface area contributed by atoms with E-state index in [4.69, 9.17) is 5.73 Å². The monoisotopic (exact) mass is 177 g/mol. The molecule has 13 heavy (non-hydrogen) atoms. The van der Waals surface area contributed by atoms with E-state index in [9.17, 15) is 0 Å². The molecule has 0 atom stereocenters. The van der Waals surface area contributed by atoms with E-state index < -0.39 is 0 Å². The predicted octanol–water partition coefficient (Wildman–Crippen LogP) is 0.794. The summed E-state index contributed by atoms with van der Waals surface area (Å²) in [6.45, 7) is 4.00. The summed E-state index contributed by atoms with van der Waals surface area (Å²) in [5, 5.41) is 6.59. The van der Waals surface area contributed by atoms with Crippen molar-refractivity contribution in [1.82, 2.24) is 19.7 Å². The topological polar surface area (TPSA) is 72.5 Å². The molecule has 0 amide bonds. The Hall–Kier alpha value is -1.78. The van der Waals surface area contributed by atoms with E-state index in [1.54, 1.807) is 0 Å². The zero-order valence-corrected chi connectivity index (χ0v) is 7.57. The number of hydrogen-bond acceptors (Lipinski definition) is 3. The van der Waals surface area contributed by atoms with Gasteiger partial charge in [-0.25, -0.2) is 5.10 Å². The summed E-state index contributed by atoms with van der Waals surface area (Å²) < 4.78 is 1.94. The number of rotatable bonds is 1. The van der Waals surface area contributed by atoms with Crippen molar-refractivity contribution in [1.29, 1.82) is 0 Å². The van der Waals surface area contributed by atoms with E-state index in [2.05, 4.69) is 15.2 Å². The number of aryl methyl sites for hydroxylation is 2. The molecule has 0 bridgehead atoms. The van der Waals surface area contributed by atoms with Crippen molar-refractivity contribution in [3.63, 3.8) is 0 Å². The molecule has 0 aliphatic heterocycles. The molecule has 2 heterocycles. The molecule has 68 valence electrons. The summed E-state index contributed by atoms with van der Waals surface area (Å²) in [6.07, 6.45) is 0. The normalized spacial score (nSPS) is 10.6. The number of hydrogen-bond donors (Lipinski definition) is 2. The lowest BCUT2D eigenvalue weighted by Gasteiger charge is -2.01. The molecule has 0 spiro atoms. The van der Waals surface area contributed by atoms with E-state index >= 15 is 0 Å². The Morgan fingerprint density at radius 3 is 2.38 bits per heavy atom. The van der Waals surface area contributed by atoms with Gasteiger partial charge in [-0.1, -0.05) is 0 Å². The summed E-state index contributed by atoms with van der Waals surface area (Å²) in [6, 6.07) is 4.03. The van der Waals surface area contributed by atoms with Crippen LogP contribution in [0.1, 0.15) is 11.4 Å². The van der Waals surface area contributed by atoms with Gasteiger partial charge in [0.2, 0.25) is 5.95 Å². The van der Waals surface area contributed by atoms with E-state index in [0.29, 0.717) is 11.9 Å². The Labute approximate surface area is 75.6 Å². The molecule has 2 aromatic heterocycles. The van der Waals surface area contributed by atoms with Crippen LogP contribution < -0.4 is 5.73 Å². The molecule has 0 radical (unpaired) electrons. The van der Waals surface area contributed by atoms with E-state index in [0.717, 1.165) is 11.4 Å². The second-order valence-corrected chi connectivity index (χ2v) is 2.97. The van der Waals surface area contributed by atoms with E-state index in [1.807, 2.05) is 30.5 Å². The lowest BCUT2D eigenvalue weighted by molar-refractivity contribution is 0.878. The molecule has 5 heteroatoms. The molecule has 0 fully saturated rings. The van der Waals surface area contributed by atoms with Crippen LogP contribution in [0.3, 0.4) is 0 Å². The molecule has 0 saturated heterocycles. The first-order chi connectivity index (χ1) is 6.18. The fourth-order valence-electron chi connectivity index (χ4n) is 1.35. The van der Waals surface area contributed by atoms with Crippen LogP contribution in [-0.2, 0) is 0 Å². The van der Waals surface area contributed by atoms with Crippen LogP contribution in [0.15, 0.2) is 12.1 Å². The molecule has 3 N–H and O–H groups in total. The average molecular weight is 177 g/mol. The second-order valence-electron chi connectivity index (χ2n) is 2.97. The maximum absolute atomic E-state index is 5.44. The number of aromatic nitrogens is 4. The summed E-state index contributed by atoms with van der Waals surface area (Å²) in [4.78, 5) is 4.05. The van der Waals surface area contributed by atoms with Gasteiger partial charge < -0.3 is 5.73 Å². The minimum Gasteiger partial charge on any atom is -0.368 e. The fourth-order valence-corrected chi connectivity index (χ4v) is 1.35. The van der Waals surface area contributed by atoms with Crippen molar-refractivity contribution in [2.75, 3.05) is 5.73 Å². The average Bonchev–Trinajstić information content (AvgIpc) is 2.60. The minimum absolute atomic E-state index is 0.336. The highest BCUT2D eigenvalue weighted by molar-refractivity contribution is 5.28. The molecular weight excluding hydrogens is 166 g/mol. The van der Waals surface area contributed by atoms with Gasteiger partial charge in [-0.05, 0) is 26.0 Å². The molecule has 2 rings (SSSR count). The third-order valence-electron chi connectivity index (χ3n) is 1.96. The van der Waals surface area contributed by atoms with Gasteiger partial charge in [0.1, 0.15) is 0 Å². The maximum atomic E-state index is 5.44. The third kappa shape index (κ3) is 1.18. The van der Waals surface area contributed by atoms with Gasteiger partial charge in [0.15, 0.2) is 0 Å². The van der Waals surface area contributed by atoms with Gasteiger partial charge >= 0.3 is 0 Å². The molecule has 2 aromatic rings. The van der Waals surface area contributed by atoms with Gasteiger partial charge in [0.05, 0.1) is 0 Å². The van der Waals surface area contributed by atoms with Crippen molar-refractivity contribution >= 4 is 5.95 Å². The lowest BCUT2D eigenvalue weighted by atomic mass is 10.5. The zero-order valence-electron chi connectivity index (χ0n) is 7.57. The SMILES string of the molecule is Cc1ccc(C)n1-c1n[nH]c(N)n1. The van der Waals surface area contributed by atoms with Crippen molar-refractivity contribution < 1.29 is 0 Å². The molecule has 5 nitrogen and oxygen atoms in total. The van der Waals surface area contributed by atoms with E-state index in [-0.39, 0.29) is 0 Å². The van der Waals surface area contributed by atoms with Crippen LogP contribution >= 0.6 is 0 Å². The van der Waals surface area contributed by atoms with Gasteiger partial charge in [-0.2, -0.15) is 4.98 Å². The highest BCUT2D eigenvalue weighted by Crippen LogP contribution is 2.12. The molecule has 0 aromatic carbocycles. The number of H-pyrrole nitrogens is 1. The van der Waals surface area contributed by atoms with Gasteiger partial charge in [-0.15, -0.1) is 5.10 Å². The number of nitrogens with zero attached hydrogens (tertiary/aromatic N) is 3. The Morgan fingerprint density at radius 2 is 1.92 bits per heavy atom. The summed E-state index contributed by atoms with van der Waals surface area (Å²) in [5.74, 6) is 0.931. The Bertz CT molecular complexity index is 406. The lowest BCUT2D eigenvalue weighted by Crippen LogP contribution is -2.00. The van der Waals surface area contributed by atoms with Crippen molar-refractivity contribution in [3.05, 3.63) is 23.5 Å². The highest BCUT2D eigenvalue weighted by Gasteiger charge is 2.07. The summed E-state index contributed by atoms with van der Waals surface area (Å²) in [7, 11) is 0. The summed E-state index contributed by atoms with van der Waals surface area (Å²) >= 11 is 0. The molecule has 0 unspecified atom stereocenters. The predicted molar refractivity (Wildman–Crippen MR) is 49.6 cm³/mol. The quantitative estimate of drug-likeness (QED) is 0.676. The van der Waals surface area contributed by atoms with Gasteiger partial charge in [-0.3, -0.25) is 4.57 Å². The van der Waals surface area contributed by atoms with Crippen LogP contribution in [0.2, 0.25) is 0 Å². The van der Waals surface area contributed by atoms with Gasteiger partial charge in [0, 0.05) is 11.4 Å². The molecule has 0 saturated carbocycles. The van der Waals surface area contributed by atoms with E-state index in [1.165, 1.54) is 0 Å². The Morgan fingerprint density at radius 1 is 1.31 bits per heavy atom. The number of aromatic amines is 1. The third-order valence-corrected chi connectivity index (χ3v) is 1.96. The number of nitrogen functional groups attached to an aromatic ring is 1. The molecule has 0 aliphatic rings. The first-order valence-corrected chi connectivity index (χ1v) is 4.01. The van der Waals surface area contributed by atoms with Crippen LogP contribution in [0.25, 0.3) is 5.95 Å². The van der Waals surface area contributed by atoms with Crippen molar-refractivity contribution in [3.8, 4) is 5.95 Å². The van der Waals surface area contributed by atoms with Crippen molar-refractivity contribution in [2.24, 2.45) is 0 Å². The first-order valence-electron chi connectivity index (χ1n) is 4.01. The van der Waals surface area contributed by atoms with Crippen LogP contribution in [-0.4, -0.2) is 19.7 Å². The zero-order chi connectivity index (χ0) is 9.42. The second kappa shape index (κ2) is 2.62. The standard InChI is InChI=1S/C8H11N5/c1-5-3-4-6(2)13(5)8-10-7(9)11-12-8/h3-4H,1-2H3,(H3,9,10,11,12). The Balaban J connectivity index is 2.57. The van der Waals surface area contributed by atoms with Crippen LogP contribution in [0.4, 0.5) is 5.95 Å². The first kappa shape index (κ1) is 7.85. The highest BCUT2D eigenvalue weighted by atomic mass is 15.3.